The summed E-state index contributed by atoms with van der Waals surface area (Å²) in [6, 6.07) is 14.8. The molecular formula is C19H22N2O4. The average molecular weight is 342 g/mol. The van der Waals surface area contributed by atoms with Crippen molar-refractivity contribution >= 4 is 5.91 Å². The van der Waals surface area contributed by atoms with E-state index in [1.54, 1.807) is 11.1 Å². The molecule has 1 fully saturated rings. The van der Waals surface area contributed by atoms with Crippen LogP contribution in [0.1, 0.15) is 5.69 Å². The molecule has 6 nitrogen and oxygen atoms in total. The van der Waals surface area contributed by atoms with E-state index in [1.807, 2.05) is 48.5 Å². The first-order valence-electron chi connectivity index (χ1n) is 8.30. The van der Waals surface area contributed by atoms with Crippen molar-refractivity contribution < 1.29 is 19.4 Å². The Morgan fingerprint density at radius 3 is 2.80 bits per heavy atom. The molecule has 1 saturated heterocycles. The van der Waals surface area contributed by atoms with Crippen molar-refractivity contribution in [1.29, 1.82) is 0 Å². The second-order valence-corrected chi connectivity index (χ2v) is 6.19. The number of para-hydroxylation sites is 1. The summed E-state index contributed by atoms with van der Waals surface area (Å²) in [5.74, 6) is 0.592. The van der Waals surface area contributed by atoms with Gasteiger partial charge >= 0.3 is 0 Å². The summed E-state index contributed by atoms with van der Waals surface area (Å²) in [6.07, 6.45) is 1.87. The summed E-state index contributed by atoms with van der Waals surface area (Å²) in [6.45, 7) is 1.20. The highest BCUT2D eigenvalue weighted by atomic mass is 16.5. The van der Waals surface area contributed by atoms with Gasteiger partial charge in [0.1, 0.15) is 18.0 Å². The number of hydrogen-bond acceptors (Lipinski definition) is 5. The standard InChI is InChI=1S/C19H22N2O4/c22-18(12-16-6-4-5-9-20-16)21-10-11-24-14-19(23,13-21)15-25-17-7-2-1-3-8-17/h1-9,23H,10-15H2/t19-/m1/s1. The Morgan fingerprint density at radius 2 is 2.04 bits per heavy atom. The van der Waals surface area contributed by atoms with Gasteiger partial charge in [-0.2, -0.15) is 0 Å². The minimum Gasteiger partial charge on any atom is -0.490 e. The van der Waals surface area contributed by atoms with Crippen LogP contribution < -0.4 is 4.74 Å². The van der Waals surface area contributed by atoms with Crippen LogP contribution in [0.25, 0.3) is 0 Å². The summed E-state index contributed by atoms with van der Waals surface area (Å²) in [4.78, 5) is 18.4. The number of carbonyl (C=O) groups is 1. The van der Waals surface area contributed by atoms with Gasteiger partial charge in [-0.3, -0.25) is 9.78 Å². The Labute approximate surface area is 147 Å². The smallest absolute Gasteiger partial charge is 0.228 e. The van der Waals surface area contributed by atoms with Gasteiger partial charge in [0.2, 0.25) is 5.91 Å². The summed E-state index contributed by atoms with van der Waals surface area (Å²) < 4.78 is 11.2. The lowest BCUT2D eigenvalue weighted by molar-refractivity contribution is -0.134. The third kappa shape index (κ3) is 5.01. The molecule has 3 rings (SSSR count). The van der Waals surface area contributed by atoms with E-state index in [-0.39, 0.29) is 32.1 Å². The van der Waals surface area contributed by atoms with Gasteiger partial charge in [0.15, 0.2) is 0 Å². The van der Waals surface area contributed by atoms with Gasteiger partial charge in [0.05, 0.1) is 26.2 Å². The Hall–Kier alpha value is -2.44. The average Bonchev–Trinajstić information content (AvgIpc) is 2.84. The lowest BCUT2D eigenvalue weighted by atomic mass is 10.1. The third-order valence-corrected chi connectivity index (χ3v) is 4.02. The van der Waals surface area contributed by atoms with Gasteiger partial charge in [-0.05, 0) is 24.3 Å². The highest BCUT2D eigenvalue weighted by Gasteiger charge is 2.35. The van der Waals surface area contributed by atoms with Crippen LogP contribution >= 0.6 is 0 Å². The topological polar surface area (TPSA) is 71.9 Å². The van der Waals surface area contributed by atoms with Crippen molar-refractivity contribution in [3.05, 3.63) is 60.4 Å². The number of aromatic nitrogens is 1. The van der Waals surface area contributed by atoms with Crippen molar-refractivity contribution in [2.45, 2.75) is 12.0 Å². The van der Waals surface area contributed by atoms with Gasteiger partial charge in [0.25, 0.3) is 0 Å². The molecule has 0 unspecified atom stereocenters. The molecule has 0 bridgehead atoms. The number of nitrogens with zero attached hydrogens (tertiary/aromatic N) is 2. The monoisotopic (exact) mass is 342 g/mol. The van der Waals surface area contributed by atoms with Gasteiger partial charge < -0.3 is 19.5 Å². The summed E-state index contributed by atoms with van der Waals surface area (Å²) >= 11 is 0. The van der Waals surface area contributed by atoms with E-state index >= 15 is 0 Å². The molecule has 0 spiro atoms. The van der Waals surface area contributed by atoms with E-state index in [4.69, 9.17) is 9.47 Å². The largest absolute Gasteiger partial charge is 0.490 e. The van der Waals surface area contributed by atoms with Crippen LogP contribution in [0.5, 0.6) is 5.75 Å². The van der Waals surface area contributed by atoms with Crippen molar-refractivity contribution in [3.8, 4) is 5.75 Å². The Kier molecular flexibility index (Phi) is 5.63. The van der Waals surface area contributed by atoms with E-state index < -0.39 is 5.60 Å². The number of rotatable bonds is 5. The SMILES string of the molecule is O=C(Cc1ccccn1)N1CCOC[C@@](O)(COc2ccccc2)C1. The van der Waals surface area contributed by atoms with Crippen LogP contribution in [0.15, 0.2) is 54.7 Å². The molecule has 1 aliphatic rings. The van der Waals surface area contributed by atoms with Gasteiger partial charge in [-0.1, -0.05) is 24.3 Å². The van der Waals surface area contributed by atoms with Gasteiger partial charge in [-0.15, -0.1) is 0 Å². The number of pyridine rings is 1. The van der Waals surface area contributed by atoms with Gasteiger partial charge in [0, 0.05) is 18.4 Å². The number of carbonyl (C=O) groups excluding carboxylic acids is 1. The zero-order valence-corrected chi connectivity index (χ0v) is 14.0. The first-order valence-corrected chi connectivity index (χ1v) is 8.30. The highest BCUT2D eigenvalue weighted by molar-refractivity contribution is 5.78. The number of amides is 1. The molecule has 2 heterocycles. The molecule has 1 aromatic heterocycles. The van der Waals surface area contributed by atoms with E-state index in [2.05, 4.69) is 4.98 Å². The zero-order valence-electron chi connectivity index (χ0n) is 14.0. The van der Waals surface area contributed by atoms with Crippen molar-refractivity contribution in [2.24, 2.45) is 0 Å². The molecule has 132 valence electrons. The number of hydrogen-bond donors (Lipinski definition) is 1. The third-order valence-electron chi connectivity index (χ3n) is 4.02. The maximum absolute atomic E-state index is 12.6. The molecule has 1 atom stereocenters. The first-order chi connectivity index (χ1) is 12.1. The van der Waals surface area contributed by atoms with E-state index in [9.17, 15) is 9.90 Å². The van der Waals surface area contributed by atoms with Crippen LogP contribution in [-0.2, 0) is 16.0 Å². The number of benzene rings is 1. The molecule has 0 saturated carbocycles. The number of β-amino-alcohol motifs (C(OH)–C–C–N with tert-alkyl or cyclic N) is 1. The molecular weight excluding hydrogens is 320 g/mol. The fourth-order valence-electron chi connectivity index (χ4n) is 2.72. The minimum atomic E-state index is -1.24. The molecule has 1 N–H and O–H groups in total. The fourth-order valence-corrected chi connectivity index (χ4v) is 2.72. The molecule has 25 heavy (non-hydrogen) atoms. The van der Waals surface area contributed by atoms with E-state index in [0.717, 1.165) is 0 Å². The molecule has 1 amide bonds. The summed E-state index contributed by atoms with van der Waals surface area (Å²) in [5, 5.41) is 10.8. The maximum atomic E-state index is 12.6. The van der Waals surface area contributed by atoms with E-state index in [0.29, 0.717) is 24.6 Å². The lowest BCUT2D eigenvalue weighted by Gasteiger charge is -2.30. The van der Waals surface area contributed by atoms with E-state index in [1.165, 1.54) is 0 Å². The minimum absolute atomic E-state index is 0.0599. The molecule has 6 heteroatoms. The van der Waals surface area contributed by atoms with Crippen molar-refractivity contribution in [3.63, 3.8) is 0 Å². The van der Waals surface area contributed by atoms with Crippen molar-refractivity contribution in [2.75, 3.05) is 32.9 Å². The summed E-state index contributed by atoms with van der Waals surface area (Å²) in [7, 11) is 0. The predicted molar refractivity (Wildman–Crippen MR) is 92.2 cm³/mol. The van der Waals surface area contributed by atoms with Crippen LogP contribution in [0.4, 0.5) is 0 Å². The zero-order chi connectivity index (χ0) is 17.5. The second kappa shape index (κ2) is 8.09. The summed E-state index contributed by atoms with van der Waals surface area (Å²) in [5.41, 5.74) is -0.534. The lowest BCUT2D eigenvalue weighted by Crippen LogP contribution is -2.50. The maximum Gasteiger partial charge on any atom is 0.228 e. The number of ether oxygens (including phenoxy) is 2. The van der Waals surface area contributed by atoms with Crippen LogP contribution in [0, 0.1) is 0 Å². The van der Waals surface area contributed by atoms with Crippen LogP contribution in [-0.4, -0.2) is 59.4 Å². The molecule has 1 aromatic carbocycles. The Bertz CT molecular complexity index is 680. The second-order valence-electron chi connectivity index (χ2n) is 6.19. The molecule has 2 aromatic rings. The van der Waals surface area contributed by atoms with Gasteiger partial charge in [-0.25, -0.2) is 0 Å². The molecule has 0 aliphatic carbocycles. The molecule has 0 radical (unpaired) electrons. The first kappa shape index (κ1) is 17.4. The quantitative estimate of drug-likeness (QED) is 0.887. The van der Waals surface area contributed by atoms with Crippen molar-refractivity contribution in [1.82, 2.24) is 9.88 Å². The Morgan fingerprint density at radius 1 is 1.24 bits per heavy atom. The highest BCUT2D eigenvalue weighted by Crippen LogP contribution is 2.17. The fraction of sp³-hybridized carbons (Fsp3) is 0.368. The number of aliphatic hydroxyl groups is 1. The van der Waals surface area contributed by atoms with Crippen LogP contribution in [0.3, 0.4) is 0 Å². The normalized spacial score (nSPS) is 20.8. The molecule has 1 aliphatic heterocycles. The predicted octanol–water partition coefficient (Wildman–Crippen LogP) is 1.29. The Balaban J connectivity index is 1.62. The van der Waals surface area contributed by atoms with Crippen LogP contribution in [0.2, 0.25) is 0 Å².